The smallest absolute Gasteiger partial charge is 0.368 e. The van der Waals surface area contributed by atoms with Gasteiger partial charge in [0.05, 0.1) is 15.5 Å². The van der Waals surface area contributed by atoms with Crippen LogP contribution in [-0.2, 0) is 16.2 Å². The number of nitrogens with zero attached hydrogens (tertiary/aromatic N) is 2. The molecule has 3 rings (SSSR count). The quantitative estimate of drug-likeness (QED) is 0.384. The molecular formula is C20H22ClF3N6O2S. The van der Waals surface area contributed by atoms with E-state index in [1.165, 1.54) is 24.3 Å². The molecule has 5 N–H and O–H groups in total. The van der Waals surface area contributed by atoms with Gasteiger partial charge in [-0.15, -0.1) is 5.10 Å². The van der Waals surface area contributed by atoms with Gasteiger partial charge >= 0.3 is 6.18 Å². The zero-order valence-corrected chi connectivity index (χ0v) is 19.5. The Bertz CT molecular complexity index is 1270. The third-order valence-corrected chi connectivity index (χ3v) is 6.08. The Morgan fingerprint density at radius 2 is 1.85 bits per heavy atom. The van der Waals surface area contributed by atoms with Gasteiger partial charge in [0.15, 0.2) is 0 Å². The molecule has 13 heteroatoms. The van der Waals surface area contributed by atoms with E-state index in [2.05, 4.69) is 25.2 Å². The molecule has 1 aromatic heterocycles. The molecule has 0 fully saturated rings. The van der Waals surface area contributed by atoms with Gasteiger partial charge in [-0.05, 0) is 35.2 Å². The Kier molecular flexibility index (Phi) is 6.65. The van der Waals surface area contributed by atoms with E-state index in [0.717, 1.165) is 12.1 Å². The Morgan fingerprint density at radius 1 is 1.15 bits per heavy atom. The molecule has 8 nitrogen and oxygen atoms in total. The first-order chi connectivity index (χ1) is 15.2. The molecule has 0 saturated carbocycles. The Balaban J connectivity index is 2.06. The van der Waals surface area contributed by atoms with E-state index in [9.17, 15) is 21.6 Å². The fourth-order valence-electron chi connectivity index (χ4n) is 2.87. The highest BCUT2D eigenvalue weighted by Crippen LogP contribution is 2.43. The van der Waals surface area contributed by atoms with E-state index in [1.807, 2.05) is 20.8 Å². The van der Waals surface area contributed by atoms with Gasteiger partial charge in [-0.1, -0.05) is 44.5 Å². The zero-order valence-electron chi connectivity index (χ0n) is 17.9. The highest BCUT2D eigenvalue weighted by molar-refractivity contribution is 7.89. The largest absolute Gasteiger partial charge is 0.417 e. The molecule has 0 aliphatic heterocycles. The van der Waals surface area contributed by atoms with Crippen LogP contribution in [0.1, 0.15) is 26.3 Å². The third kappa shape index (κ3) is 6.15. The summed E-state index contributed by atoms with van der Waals surface area (Å²) >= 11 is 6.26. The van der Waals surface area contributed by atoms with Crippen molar-refractivity contribution in [3.05, 3.63) is 47.0 Å². The van der Waals surface area contributed by atoms with Crippen molar-refractivity contribution >= 4 is 39.2 Å². The van der Waals surface area contributed by atoms with E-state index in [4.69, 9.17) is 17.3 Å². The van der Waals surface area contributed by atoms with Crippen LogP contribution in [0.3, 0.4) is 0 Å². The number of aromatic nitrogens is 3. The molecular weight excluding hydrogens is 481 g/mol. The van der Waals surface area contributed by atoms with Crippen molar-refractivity contribution in [1.29, 1.82) is 0 Å². The van der Waals surface area contributed by atoms with Crippen molar-refractivity contribution in [2.24, 2.45) is 5.41 Å². The average molecular weight is 503 g/mol. The van der Waals surface area contributed by atoms with E-state index in [1.54, 1.807) is 0 Å². The number of aromatic amines is 1. The first-order valence-corrected chi connectivity index (χ1v) is 11.5. The van der Waals surface area contributed by atoms with Gasteiger partial charge in [0.2, 0.25) is 21.9 Å². The molecule has 0 spiro atoms. The first-order valence-electron chi connectivity index (χ1n) is 9.61. The summed E-state index contributed by atoms with van der Waals surface area (Å²) in [6.45, 7) is 5.71. The van der Waals surface area contributed by atoms with E-state index >= 15 is 0 Å². The number of benzene rings is 2. The molecule has 0 radical (unpaired) electrons. The number of hydrogen-bond donors (Lipinski definition) is 4. The van der Waals surface area contributed by atoms with Crippen molar-refractivity contribution < 1.29 is 21.6 Å². The molecule has 0 amide bonds. The summed E-state index contributed by atoms with van der Waals surface area (Å²) in [5.74, 6) is -0.0585. The number of halogens is 4. The van der Waals surface area contributed by atoms with Crippen molar-refractivity contribution in [2.45, 2.75) is 31.8 Å². The number of nitrogen functional groups attached to an aromatic ring is 1. The van der Waals surface area contributed by atoms with Gasteiger partial charge in [-0.25, -0.2) is 18.2 Å². The minimum Gasteiger partial charge on any atom is -0.368 e. The normalized spacial score (nSPS) is 12.7. The summed E-state index contributed by atoms with van der Waals surface area (Å²) in [6.07, 6.45) is -4.78. The number of hydrogen-bond acceptors (Lipinski definition) is 6. The maximum Gasteiger partial charge on any atom is 0.417 e. The topological polar surface area (TPSA) is 126 Å². The molecule has 1 heterocycles. The van der Waals surface area contributed by atoms with Crippen molar-refractivity contribution in [3.63, 3.8) is 0 Å². The second-order valence-corrected chi connectivity index (χ2v) is 10.6. The molecule has 33 heavy (non-hydrogen) atoms. The van der Waals surface area contributed by atoms with Gasteiger partial charge < -0.3 is 11.1 Å². The summed E-state index contributed by atoms with van der Waals surface area (Å²) in [5.41, 5.74) is 3.67. The number of anilines is 3. The molecule has 178 valence electrons. The first kappa shape index (κ1) is 24.8. The minimum atomic E-state index is -4.78. The van der Waals surface area contributed by atoms with Crippen LogP contribution in [0.5, 0.6) is 0 Å². The molecule has 0 atom stereocenters. The van der Waals surface area contributed by atoms with Crippen LogP contribution in [0.25, 0.3) is 11.1 Å². The van der Waals surface area contributed by atoms with Gasteiger partial charge in [0, 0.05) is 17.8 Å². The number of sulfonamides is 1. The lowest BCUT2D eigenvalue weighted by molar-refractivity contribution is -0.137. The molecule has 0 saturated heterocycles. The predicted molar refractivity (Wildman–Crippen MR) is 121 cm³/mol. The van der Waals surface area contributed by atoms with Crippen LogP contribution in [0.4, 0.5) is 30.8 Å². The van der Waals surface area contributed by atoms with Crippen molar-refractivity contribution in [1.82, 2.24) is 19.9 Å². The molecule has 0 aliphatic rings. The summed E-state index contributed by atoms with van der Waals surface area (Å²) in [4.78, 5) is 3.61. The third-order valence-electron chi connectivity index (χ3n) is 4.38. The number of rotatable bonds is 6. The van der Waals surface area contributed by atoms with Gasteiger partial charge in [-0.3, -0.25) is 0 Å². The number of H-pyrrole nitrogens is 1. The number of alkyl halides is 3. The number of nitrogens with two attached hydrogens (primary N) is 1. The van der Waals surface area contributed by atoms with Crippen LogP contribution in [-0.4, -0.2) is 30.1 Å². The second kappa shape index (κ2) is 8.84. The SMILES string of the molecule is CC(C)(C)CNS(=O)(=O)c1cccc(-c2c(Cl)cc(Nc3n[nH]c(N)n3)cc2C(F)(F)F)c1. The lowest BCUT2D eigenvalue weighted by Crippen LogP contribution is -2.32. The molecule has 0 aliphatic carbocycles. The van der Waals surface area contributed by atoms with Gasteiger partial charge in [-0.2, -0.15) is 18.2 Å². The molecule has 0 bridgehead atoms. The fraction of sp³-hybridized carbons (Fsp3) is 0.300. The minimum absolute atomic E-state index is 0.000326. The Hall–Kier alpha value is -2.83. The highest BCUT2D eigenvalue weighted by Gasteiger charge is 2.36. The van der Waals surface area contributed by atoms with Crippen molar-refractivity contribution in [2.75, 3.05) is 17.6 Å². The van der Waals surface area contributed by atoms with Crippen molar-refractivity contribution in [3.8, 4) is 11.1 Å². The van der Waals surface area contributed by atoms with Crippen LogP contribution in [0.2, 0.25) is 5.02 Å². The Labute approximate surface area is 193 Å². The summed E-state index contributed by atoms with van der Waals surface area (Å²) in [5, 5.41) is 8.43. The van der Waals surface area contributed by atoms with E-state index in [-0.39, 0.29) is 50.6 Å². The highest BCUT2D eigenvalue weighted by atomic mass is 35.5. The summed E-state index contributed by atoms with van der Waals surface area (Å²) < 4.78 is 69.7. The zero-order chi connectivity index (χ0) is 24.6. The van der Waals surface area contributed by atoms with Crippen LogP contribution in [0.15, 0.2) is 41.3 Å². The lowest BCUT2D eigenvalue weighted by Gasteiger charge is -2.19. The predicted octanol–water partition coefficient (Wildman–Crippen LogP) is 4.79. The average Bonchev–Trinajstić information content (AvgIpc) is 3.09. The van der Waals surface area contributed by atoms with Gasteiger partial charge in [0.1, 0.15) is 0 Å². The lowest BCUT2D eigenvalue weighted by atomic mass is 9.98. The fourth-order valence-corrected chi connectivity index (χ4v) is 4.53. The Morgan fingerprint density at radius 3 is 2.42 bits per heavy atom. The second-order valence-electron chi connectivity index (χ2n) is 8.46. The van der Waals surface area contributed by atoms with Crippen LogP contribution >= 0.6 is 11.6 Å². The van der Waals surface area contributed by atoms with Crippen LogP contribution in [0, 0.1) is 5.41 Å². The molecule has 3 aromatic rings. The summed E-state index contributed by atoms with van der Waals surface area (Å²) in [6, 6.07) is 7.29. The van der Waals surface area contributed by atoms with E-state index in [0.29, 0.717) is 0 Å². The van der Waals surface area contributed by atoms with Gasteiger partial charge in [0.25, 0.3) is 0 Å². The number of nitrogens with one attached hydrogen (secondary N) is 3. The van der Waals surface area contributed by atoms with E-state index < -0.39 is 21.8 Å². The molecule has 0 unspecified atom stereocenters. The maximum absolute atomic E-state index is 13.9. The van der Waals surface area contributed by atoms with Crippen LogP contribution < -0.4 is 15.8 Å². The standard InChI is InChI=1S/C20H22ClF3N6O2S/c1-19(2,3)10-26-33(31,32)13-6-4-5-11(7-13)16-14(20(22,23)24)8-12(9-15(16)21)27-18-28-17(25)29-30-18/h4-9,26H,10H2,1-3H3,(H4,25,27,28,29,30). The summed E-state index contributed by atoms with van der Waals surface area (Å²) in [7, 11) is -3.95. The molecule has 2 aromatic carbocycles. The monoisotopic (exact) mass is 502 g/mol. The maximum atomic E-state index is 13.9.